The fourth-order valence-electron chi connectivity index (χ4n) is 2.25. The van der Waals surface area contributed by atoms with Crippen LogP contribution in [-0.2, 0) is 14.6 Å². The largest absolute Gasteiger partial charge is 0.301 e. The van der Waals surface area contributed by atoms with Crippen molar-refractivity contribution in [2.24, 2.45) is 5.92 Å². The fourth-order valence-corrected chi connectivity index (χ4v) is 4.97. The van der Waals surface area contributed by atoms with Gasteiger partial charge in [-0.3, -0.25) is 4.79 Å². The Balaban J connectivity index is 2.10. The van der Waals surface area contributed by atoms with Crippen molar-refractivity contribution >= 4 is 48.1 Å². The normalized spacial score (nSPS) is 11.7. The molecule has 0 aliphatic rings. The molecule has 0 saturated heterocycles. The minimum atomic E-state index is -3.40. The molecular weight excluding hydrogens is 412 g/mol. The lowest BCUT2D eigenvalue weighted by atomic mass is 10.1. The van der Waals surface area contributed by atoms with E-state index in [9.17, 15) is 13.2 Å². The van der Waals surface area contributed by atoms with Gasteiger partial charge in [0, 0.05) is 14.9 Å². The van der Waals surface area contributed by atoms with E-state index < -0.39 is 21.5 Å². The summed E-state index contributed by atoms with van der Waals surface area (Å²) in [6.07, 6.45) is 0. The highest BCUT2D eigenvalue weighted by molar-refractivity contribution is 9.10. The molecule has 0 fully saturated rings. The van der Waals surface area contributed by atoms with Crippen LogP contribution in [-0.4, -0.2) is 30.8 Å². The second kappa shape index (κ2) is 7.76. The third kappa shape index (κ3) is 5.39. The van der Waals surface area contributed by atoms with Crippen LogP contribution in [0.25, 0.3) is 11.3 Å². The average molecular weight is 431 g/mol. The highest BCUT2D eigenvalue weighted by Gasteiger charge is 2.20. The highest BCUT2D eigenvalue weighted by Crippen LogP contribution is 2.31. The highest BCUT2D eigenvalue weighted by atomic mass is 79.9. The summed E-state index contributed by atoms with van der Waals surface area (Å²) in [6, 6.07) is 7.71. The van der Waals surface area contributed by atoms with E-state index in [1.54, 1.807) is 0 Å². The van der Waals surface area contributed by atoms with Crippen molar-refractivity contribution in [3.05, 3.63) is 33.6 Å². The Morgan fingerprint density at radius 1 is 1.29 bits per heavy atom. The maximum absolute atomic E-state index is 12.0. The van der Waals surface area contributed by atoms with Gasteiger partial charge in [0.15, 0.2) is 15.0 Å². The van der Waals surface area contributed by atoms with Crippen molar-refractivity contribution in [3.8, 4) is 11.3 Å². The molecular formula is C16H19BrN2O3S2. The first-order chi connectivity index (χ1) is 11.2. The summed E-state index contributed by atoms with van der Waals surface area (Å²) in [7, 11) is -3.40. The van der Waals surface area contributed by atoms with E-state index in [4.69, 9.17) is 0 Å². The molecule has 1 aromatic heterocycles. The monoisotopic (exact) mass is 430 g/mol. The number of thiazole rings is 1. The van der Waals surface area contributed by atoms with Gasteiger partial charge in [0.2, 0.25) is 5.91 Å². The molecule has 0 bridgehead atoms. The number of rotatable bonds is 6. The predicted molar refractivity (Wildman–Crippen MR) is 102 cm³/mol. The van der Waals surface area contributed by atoms with E-state index >= 15 is 0 Å². The van der Waals surface area contributed by atoms with Crippen molar-refractivity contribution in [2.45, 2.75) is 20.8 Å². The van der Waals surface area contributed by atoms with Crippen molar-refractivity contribution in [3.63, 3.8) is 0 Å². The van der Waals surface area contributed by atoms with Crippen LogP contribution in [0.1, 0.15) is 18.7 Å². The molecule has 130 valence electrons. The number of sulfone groups is 1. The molecule has 0 spiro atoms. The number of hydrogen-bond donors (Lipinski definition) is 1. The van der Waals surface area contributed by atoms with Crippen LogP contribution in [0.2, 0.25) is 0 Å². The first-order valence-corrected chi connectivity index (χ1v) is 10.8. The van der Waals surface area contributed by atoms with E-state index in [2.05, 4.69) is 26.2 Å². The first kappa shape index (κ1) is 19.1. The Morgan fingerprint density at radius 3 is 2.50 bits per heavy atom. The SMILES string of the molecule is Cc1sc(NC(=O)CS(=O)(=O)CC(C)C)nc1-c1ccc(Br)cc1. The number of hydrogen-bond acceptors (Lipinski definition) is 5. The molecule has 2 aromatic rings. The fraction of sp³-hybridized carbons (Fsp3) is 0.375. The summed E-state index contributed by atoms with van der Waals surface area (Å²) < 4.78 is 24.7. The Kier molecular flexibility index (Phi) is 6.17. The molecule has 24 heavy (non-hydrogen) atoms. The summed E-state index contributed by atoms with van der Waals surface area (Å²) in [5, 5.41) is 3.01. The second-order valence-corrected chi connectivity index (χ2v) is 10.2. The van der Waals surface area contributed by atoms with Gasteiger partial charge in [-0.15, -0.1) is 11.3 Å². The van der Waals surface area contributed by atoms with Gasteiger partial charge in [-0.1, -0.05) is 41.9 Å². The molecule has 0 unspecified atom stereocenters. The number of amides is 1. The minimum Gasteiger partial charge on any atom is -0.301 e. The summed E-state index contributed by atoms with van der Waals surface area (Å²) >= 11 is 4.72. The average Bonchev–Trinajstić information content (AvgIpc) is 2.77. The summed E-state index contributed by atoms with van der Waals surface area (Å²) in [5.41, 5.74) is 1.73. The lowest BCUT2D eigenvalue weighted by molar-refractivity contribution is -0.113. The van der Waals surface area contributed by atoms with Gasteiger partial charge in [-0.25, -0.2) is 13.4 Å². The van der Waals surface area contributed by atoms with Crippen molar-refractivity contribution in [1.29, 1.82) is 0 Å². The maximum atomic E-state index is 12.0. The summed E-state index contributed by atoms with van der Waals surface area (Å²) in [5.74, 6) is -1.07. The zero-order chi connectivity index (χ0) is 17.9. The lowest BCUT2D eigenvalue weighted by Gasteiger charge is -2.06. The van der Waals surface area contributed by atoms with Crippen LogP contribution in [0.4, 0.5) is 5.13 Å². The summed E-state index contributed by atoms with van der Waals surface area (Å²) in [4.78, 5) is 17.4. The first-order valence-electron chi connectivity index (χ1n) is 7.40. The van der Waals surface area contributed by atoms with Gasteiger partial charge >= 0.3 is 0 Å². The van der Waals surface area contributed by atoms with Crippen LogP contribution < -0.4 is 5.32 Å². The molecule has 5 nitrogen and oxygen atoms in total. The number of aryl methyl sites for hydroxylation is 1. The third-order valence-electron chi connectivity index (χ3n) is 3.10. The number of nitrogens with zero attached hydrogens (tertiary/aromatic N) is 1. The second-order valence-electron chi connectivity index (χ2n) is 5.93. The zero-order valence-corrected chi connectivity index (χ0v) is 16.9. The molecule has 0 atom stereocenters. The number of carbonyl (C=O) groups excluding carboxylic acids is 1. The zero-order valence-electron chi connectivity index (χ0n) is 13.7. The summed E-state index contributed by atoms with van der Waals surface area (Å²) in [6.45, 7) is 5.54. The standard InChI is InChI=1S/C16H19BrN2O3S2/c1-10(2)8-24(21,22)9-14(20)18-16-19-15(11(3)23-16)12-4-6-13(17)7-5-12/h4-7,10H,8-9H2,1-3H3,(H,18,19,20). The van der Waals surface area contributed by atoms with Crippen LogP contribution in [0.5, 0.6) is 0 Å². The van der Waals surface area contributed by atoms with E-state index in [1.165, 1.54) is 11.3 Å². The van der Waals surface area contributed by atoms with Gasteiger partial charge in [0.25, 0.3) is 0 Å². The van der Waals surface area contributed by atoms with Gasteiger partial charge in [-0.05, 0) is 25.0 Å². The number of halogens is 1. The topological polar surface area (TPSA) is 76.1 Å². The molecule has 1 N–H and O–H groups in total. The van der Waals surface area contributed by atoms with Gasteiger partial charge in [-0.2, -0.15) is 0 Å². The molecule has 1 aromatic carbocycles. The van der Waals surface area contributed by atoms with Gasteiger partial charge in [0.05, 0.1) is 11.4 Å². The Morgan fingerprint density at radius 2 is 1.92 bits per heavy atom. The van der Waals surface area contributed by atoms with E-state index in [1.807, 2.05) is 45.0 Å². The van der Waals surface area contributed by atoms with Crippen molar-refractivity contribution in [2.75, 3.05) is 16.8 Å². The Hall–Kier alpha value is -1.25. The lowest BCUT2D eigenvalue weighted by Crippen LogP contribution is -2.26. The number of nitrogens with one attached hydrogen (secondary N) is 1. The molecule has 0 aliphatic carbocycles. The molecule has 0 saturated carbocycles. The maximum Gasteiger partial charge on any atom is 0.241 e. The Bertz CT molecular complexity index is 828. The van der Waals surface area contributed by atoms with E-state index in [-0.39, 0.29) is 11.7 Å². The van der Waals surface area contributed by atoms with Crippen LogP contribution in [0, 0.1) is 12.8 Å². The van der Waals surface area contributed by atoms with Crippen LogP contribution >= 0.6 is 27.3 Å². The quantitative estimate of drug-likeness (QED) is 0.753. The van der Waals surface area contributed by atoms with Crippen molar-refractivity contribution < 1.29 is 13.2 Å². The predicted octanol–water partition coefficient (Wildman–Crippen LogP) is 3.89. The van der Waals surface area contributed by atoms with E-state index in [0.717, 1.165) is 20.6 Å². The van der Waals surface area contributed by atoms with Crippen LogP contribution in [0.15, 0.2) is 28.7 Å². The van der Waals surface area contributed by atoms with E-state index in [0.29, 0.717) is 5.13 Å². The molecule has 1 amide bonds. The number of aromatic nitrogens is 1. The Labute approximate surface area is 154 Å². The minimum absolute atomic E-state index is 0.00145. The molecule has 2 rings (SSSR count). The molecule has 8 heteroatoms. The number of carbonyl (C=O) groups is 1. The third-order valence-corrected chi connectivity index (χ3v) is 6.39. The number of benzene rings is 1. The molecule has 0 radical (unpaired) electrons. The van der Waals surface area contributed by atoms with Crippen LogP contribution in [0.3, 0.4) is 0 Å². The smallest absolute Gasteiger partial charge is 0.241 e. The number of anilines is 1. The molecule has 0 aliphatic heterocycles. The van der Waals surface area contributed by atoms with Crippen molar-refractivity contribution in [1.82, 2.24) is 4.98 Å². The van der Waals surface area contributed by atoms with Gasteiger partial charge < -0.3 is 5.32 Å². The molecule has 1 heterocycles. The van der Waals surface area contributed by atoms with Gasteiger partial charge in [0.1, 0.15) is 5.75 Å².